The summed E-state index contributed by atoms with van der Waals surface area (Å²) >= 11 is 6.37. The van der Waals surface area contributed by atoms with Crippen LogP contribution in [0.4, 0.5) is 5.69 Å². The number of Topliss-reactive ketones (excluding diaryl/α,β-unsaturated/α-hetero) is 1. The Labute approximate surface area is 209 Å². The van der Waals surface area contributed by atoms with E-state index in [0.717, 1.165) is 11.1 Å². The van der Waals surface area contributed by atoms with Crippen LogP contribution >= 0.6 is 11.6 Å². The van der Waals surface area contributed by atoms with E-state index in [2.05, 4.69) is 0 Å². The summed E-state index contributed by atoms with van der Waals surface area (Å²) < 4.78 is 11.1. The van der Waals surface area contributed by atoms with Gasteiger partial charge in [0, 0.05) is 5.69 Å². The molecule has 1 aliphatic rings. The van der Waals surface area contributed by atoms with Crippen molar-refractivity contribution >= 4 is 34.7 Å². The number of hydrogen-bond donors (Lipinski definition) is 1. The van der Waals surface area contributed by atoms with Gasteiger partial charge in [-0.25, -0.2) is 0 Å². The number of nitrogens with zero attached hydrogens (tertiary/aromatic N) is 1. The number of amides is 1. The van der Waals surface area contributed by atoms with E-state index in [1.807, 2.05) is 32.9 Å². The van der Waals surface area contributed by atoms with Crippen molar-refractivity contribution in [2.24, 2.45) is 0 Å². The predicted molar refractivity (Wildman–Crippen MR) is 136 cm³/mol. The molecule has 0 aromatic heterocycles. The van der Waals surface area contributed by atoms with Crippen molar-refractivity contribution in [2.45, 2.75) is 26.8 Å². The van der Waals surface area contributed by atoms with Crippen LogP contribution in [0.1, 0.15) is 35.2 Å². The lowest BCUT2D eigenvalue weighted by Gasteiger charge is -2.27. The number of methoxy groups -OCH3 is 1. The van der Waals surface area contributed by atoms with E-state index < -0.39 is 17.7 Å². The molecule has 6 nitrogen and oxygen atoms in total. The number of hydrogen-bond acceptors (Lipinski definition) is 5. The van der Waals surface area contributed by atoms with E-state index in [9.17, 15) is 14.7 Å². The first-order chi connectivity index (χ1) is 16.8. The number of ether oxygens (including phenoxy) is 2. The van der Waals surface area contributed by atoms with Crippen molar-refractivity contribution in [1.29, 1.82) is 0 Å². The molecule has 1 N–H and O–H groups in total. The summed E-state index contributed by atoms with van der Waals surface area (Å²) in [7, 11) is 1.43. The summed E-state index contributed by atoms with van der Waals surface area (Å²) in [5.41, 5.74) is 2.97. The van der Waals surface area contributed by atoms with Crippen LogP contribution in [0.2, 0.25) is 5.02 Å². The van der Waals surface area contributed by atoms with Crippen LogP contribution in [-0.2, 0) is 9.59 Å². The molecule has 0 spiro atoms. The lowest BCUT2D eigenvalue weighted by atomic mass is 9.94. The lowest BCUT2D eigenvalue weighted by molar-refractivity contribution is -0.132. The molecule has 0 aliphatic carbocycles. The molecule has 35 heavy (non-hydrogen) atoms. The Morgan fingerprint density at radius 1 is 1.06 bits per heavy atom. The highest BCUT2D eigenvalue weighted by Gasteiger charge is 2.47. The van der Waals surface area contributed by atoms with E-state index >= 15 is 0 Å². The van der Waals surface area contributed by atoms with Crippen molar-refractivity contribution in [2.75, 3.05) is 18.6 Å². The monoisotopic (exact) mass is 491 g/mol. The van der Waals surface area contributed by atoms with E-state index in [4.69, 9.17) is 21.1 Å². The van der Waals surface area contributed by atoms with Gasteiger partial charge in [0.05, 0.1) is 35.9 Å². The molecule has 180 valence electrons. The summed E-state index contributed by atoms with van der Waals surface area (Å²) in [6.07, 6.45) is 0. The van der Waals surface area contributed by atoms with Crippen molar-refractivity contribution in [1.82, 2.24) is 0 Å². The Bertz CT molecular complexity index is 1350. The van der Waals surface area contributed by atoms with Crippen LogP contribution in [0.25, 0.3) is 5.76 Å². The molecule has 4 rings (SSSR count). The van der Waals surface area contributed by atoms with Crippen LogP contribution in [0, 0.1) is 13.8 Å². The maximum atomic E-state index is 13.5. The van der Waals surface area contributed by atoms with Gasteiger partial charge in [0.15, 0.2) is 0 Å². The molecule has 0 bridgehead atoms. The number of aryl methyl sites for hydroxylation is 2. The number of carbonyl (C=O) groups excluding carboxylic acids is 2. The fourth-order valence-corrected chi connectivity index (χ4v) is 4.78. The van der Waals surface area contributed by atoms with Crippen molar-refractivity contribution in [3.63, 3.8) is 0 Å². The average Bonchev–Trinajstić information content (AvgIpc) is 3.09. The van der Waals surface area contributed by atoms with Gasteiger partial charge in [0.2, 0.25) is 0 Å². The molecule has 1 fully saturated rings. The highest BCUT2D eigenvalue weighted by atomic mass is 35.5. The first-order valence-corrected chi connectivity index (χ1v) is 11.6. The maximum Gasteiger partial charge on any atom is 0.300 e. The Kier molecular flexibility index (Phi) is 6.85. The summed E-state index contributed by atoms with van der Waals surface area (Å²) in [6, 6.07) is 17.0. The van der Waals surface area contributed by atoms with Crippen LogP contribution in [0.5, 0.6) is 11.5 Å². The summed E-state index contributed by atoms with van der Waals surface area (Å²) in [5.74, 6) is -1.06. The number of halogens is 1. The minimum atomic E-state index is -0.888. The number of anilines is 1. The lowest BCUT2D eigenvalue weighted by Crippen LogP contribution is -2.30. The predicted octanol–water partition coefficient (Wildman–Crippen LogP) is 5.99. The Morgan fingerprint density at radius 3 is 2.49 bits per heavy atom. The van der Waals surface area contributed by atoms with Crippen LogP contribution in [0.3, 0.4) is 0 Å². The van der Waals surface area contributed by atoms with Crippen molar-refractivity contribution < 1.29 is 24.2 Å². The molecule has 3 aromatic carbocycles. The Balaban J connectivity index is 2.02. The van der Waals surface area contributed by atoms with Crippen LogP contribution < -0.4 is 14.4 Å². The summed E-state index contributed by atoms with van der Waals surface area (Å²) in [4.78, 5) is 28.3. The highest BCUT2D eigenvalue weighted by molar-refractivity contribution is 6.52. The third kappa shape index (κ3) is 4.37. The van der Waals surface area contributed by atoms with Gasteiger partial charge in [-0.2, -0.15) is 0 Å². The molecular weight excluding hydrogens is 466 g/mol. The van der Waals surface area contributed by atoms with Crippen LogP contribution in [0.15, 0.2) is 66.2 Å². The number of benzene rings is 3. The quantitative estimate of drug-likeness (QED) is 0.260. The minimum absolute atomic E-state index is 0.0492. The molecule has 1 atom stereocenters. The SMILES string of the molecule is CCOc1cccc(C2/C(=C(\O)c3cc(C)cc(Cl)c3OC)C(=O)C(=O)N2c2ccccc2C)c1. The molecule has 7 heteroatoms. The normalized spacial score (nSPS) is 17.1. The second kappa shape index (κ2) is 9.84. The molecule has 1 unspecified atom stereocenters. The second-order valence-corrected chi connectivity index (χ2v) is 8.70. The third-order valence-electron chi connectivity index (χ3n) is 5.95. The molecule has 1 aliphatic heterocycles. The van der Waals surface area contributed by atoms with Gasteiger partial charge in [0.25, 0.3) is 11.7 Å². The van der Waals surface area contributed by atoms with Gasteiger partial charge < -0.3 is 14.6 Å². The number of para-hydroxylation sites is 1. The zero-order chi connectivity index (χ0) is 25.3. The van der Waals surface area contributed by atoms with Crippen molar-refractivity contribution in [3.05, 3.63) is 93.5 Å². The first kappa shape index (κ1) is 24.4. The fourth-order valence-electron chi connectivity index (χ4n) is 4.43. The Morgan fingerprint density at radius 2 is 1.80 bits per heavy atom. The summed E-state index contributed by atoms with van der Waals surface area (Å²) in [6.45, 7) is 6.02. The average molecular weight is 492 g/mol. The highest BCUT2D eigenvalue weighted by Crippen LogP contribution is 2.45. The van der Waals surface area contributed by atoms with Gasteiger partial charge in [-0.1, -0.05) is 41.9 Å². The minimum Gasteiger partial charge on any atom is -0.507 e. The van der Waals surface area contributed by atoms with Gasteiger partial charge in [-0.05, 0) is 67.8 Å². The number of rotatable bonds is 6. The molecule has 1 heterocycles. The summed E-state index contributed by atoms with van der Waals surface area (Å²) in [5, 5.41) is 11.8. The smallest absolute Gasteiger partial charge is 0.300 e. The molecule has 3 aromatic rings. The molecule has 1 amide bonds. The standard InChI is InChI=1S/C28H26ClNO5/c1-5-35-19-11-8-10-18(15-19)24-23(25(31)20-13-16(2)14-21(29)27(20)34-4)26(32)28(33)30(24)22-12-7-6-9-17(22)3/h6-15,24,31H,5H2,1-4H3/b25-23+. The molecule has 1 saturated heterocycles. The van der Waals surface area contributed by atoms with Gasteiger partial charge in [0.1, 0.15) is 17.3 Å². The van der Waals surface area contributed by atoms with Crippen molar-refractivity contribution in [3.8, 4) is 11.5 Å². The number of aliphatic hydroxyl groups excluding tert-OH is 1. The zero-order valence-electron chi connectivity index (χ0n) is 20.0. The van der Waals surface area contributed by atoms with Crippen LogP contribution in [-0.4, -0.2) is 30.5 Å². The first-order valence-electron chi connectivity index (χ1n) is 11.2. The maximum absolute atomic E-state index is 13.5. The largest absolute Gasteiger partial charge is 0.507 e. The molecule has 0 saturated carbocycles. The number of aliphatic hydroxyl groups is 1. The Hall–Kier alpha value is -3.77. The topological polar surface area (TPSA) is 76.1 Å². The van der Waals surface area contributed by atoms with E-state index in [1.165, 1.54) is 12.0 Å². The van der Waals surface area contributed by atoms with E-state index in [1.54, 1.807) is 48.5 Å². The number of carbonyl (C=O) groups is 2. The third-order valence-corrected chi connectivity index (χ3v) is 6.23. The zero-order valence-corrected chi connectivity index (χ0v) is 20.7. The number of ketones is 1. The van der Waals surface area contributed by atoms with Gasteiger partial charge in [-0.3, -0.25) is 14.5 Å². The van der Waals surface area contributed by atoms with Gasteiger partial charge >= 0.3 is 0 Å². The fraction of sp³-hybridized carbons (Fsp3) is 0.214. The van der Waals surface area contributed by atoms with E-state index in [-0.39, 0.29) is 27.7 Å². The van der Waals surface area contributed by atoms with Gasteiger partial charge in [-0.15, -0.1) is 0 Å². The molecular formula is C28H26ClNO5. The molecule has 0 radical (unpaired) electrons. The second-order valence-electron chi connectivity index (χ2n) is 8.29. The van der Waals surface area contributed by atoms with E-state index in [0.29, 0.717) is 23.6 Å².